The van der Waals surface area contributed by atoms with Crippen molar-refractivity contribution in [2.75, 3.05) is 6.61 Å². The number of aliphatic imine (C=N–C) groups is 2. The molecule has 0 amide bonds. The molecule has 0 radical (unpaired) electrons. The lowest BCUT2D eigenvalue weighted by molar-refractivity contribution is -0.119. The molecule has 0 bridgehead atoms. The number of hydrogen-bond donors (Lipinski definition) is 5. The second-order valence-electron chi connectivity index (χ2n) is 5.07. The van der Waals surface area contributed by atoms with Gasteiger partial charge in [0.05, 0.1) is 19.3 Å². The number of hydrogen-bond acceptors (Lipinski definition) is 9. The van der Waals surface area contributed by atoms with E-state index in [0.29, 0.717) is 0 Å². The number of alkyl halides is 2. The third-order valence-corrected chi connectivity index (χ3v) is 3.89. The second kappa shape index (κ2) is 5.12. The Morgan fingerprint density at radius 2 is 2.18 bits per heavy atom. The summed E-state index contributed by atoms with van der Waals surface area (Å²) in [7, 11) is 0. The number of rotatable bonds is 3. The van der Waals surface area contributed by atoms with Gasteiger partial charge in [-0.2, -0.15) is 0 Å². The molecular formula is C11H15F2N5O4. The van der Waals surface area contributed by atoms with Gasteiger partial charge >= 0.3 is 0 Å². The van der Waals surface area contributed by atoms with Crippen LogP contribution in [0, 0.1) is 0 Å². The quantitative estimate of drug-likeness (QED) is 0.387. The molecule has 0 spiro atoms. The lowest BCUT2D eigenvalue weighted by Gasteiger charge is -2.40. The lowest BCUT2D eigenvalue weighted by Crippen LogP contribution is -2.59. The Balaban J connectivity index is 2.00. The average molecular weight is 319 g/mol. The van der Waals surface area contributed by atoms with Crippen molar-refractivity contribution < 1.29 is 28.8 Å². The van der Waals surface area contributed by atoms with Crippen LogP contribution in [0.3, 0.4) is 0 Å². The first-order chi connectivity index (χ1) is 10.4. The third-order valence-electron chi connectivity index (χ3n) is 3.89. The van der Waals surface area contributed by atoms with E-state index < -0.39 is 43.2 Å². The molecule has 0 aromatic rings. The number of nitrogens with zero attached hydrogens (tertiary/aromatic N) is 3. The van der Waals surface area contributed by atoms with E-state index in [0.717, 1.165) is 17.6 Å². The average Bonchev–Trinajstić information content (AvgIpc) is 3.01. The minimum Gasteiger partial charge on any atom is -0.394 e. The molecule has 6 N–H and O–H groups in total. The molecular weight excluding hydrogens is 304 g/mol. The smallest absolute Gasteiger partial charge is 0.287 e. The Labute approximate surface area is 123 Å². The molecule has 0 saturated carbocycles. The highest BCUT2D eigenvalue weighted by Gasteiger charge is 2.60. The van der Waals surface area contributed by atoms with Gasteiger partial charge in [-0.25, -0.2) is 18.8 Å². The highest BCUT2D eigenvalue weighted by Crippen LogP contribution is 2.42. The summed E-state index contributed by atoms with van der Waals surface area (Å²) in [5.74, 6) is -0.0965. The zero-order valence-electron chi connectivity index (χ0n) is 11.2. The third kappa shape index (κ3) is 1.83. The fraction of sp³-hybridized carbons (Fsp3) is 0.636. The molecule has 3 aliphatic rings. The summed E-state index contributed by atoms with van der Waals surface area (Å²) < 4.78 is 32.8. The minimum atomic E-state index is -3.02. The summed E-state index contributed by atoms with van der Waals surface area (Å²) in [6.45, 7) is -0.572. The highest BCUT2D eigenvalue weighted by atomic mass is 19.3. The van der Waals surface area contributed by atoms with E-state index in [-0.39, 0.29) is 11.5 Å². The van der Waals surface area contributed by atoms with Gasteiger partial charge in [-0.05, 0) is 0 Å². The molecule has 1 fully saturated rings. The van der Waals surface area contributed by atoms with E-state index in [1.165, 1.54) is 0 Å². The monoisotopic (exact) mass is 319 g/mol. The van der Waals surface area contributed by atoms with Crippen LogP contribution in [0.25, 0.3) is 0 Å². The molecule has 11 heteroatoms. The van der Waals surface area contributed by atoms with E-state index in [9.17, 15) is 19.0 Å². The molecule has 1 saturated heterocycles. The highest BCUT2D eigenvalue weighted by molar-refractivity contribution is 5.71. The van der Waals surface area contributed by atoms with Crippen molar-refractivity contribution in [3.8, 4) is 0 Å². The van der Waals surface area contributed by atoms with E-state index >= 15 is 0 Å². The molecule has 0 aromatic carbocycles. The first-order valence-electron chi connectivity index (χ1n) is 6.47. The Kier molecular flexibility index (Phi) is 3.51. The van der Waals surface area contributed by atoms with Gasteiger partial charge in [0.2, 0.25) is 5.66 Å². The summed E-state index contributed by atoms with van der Waals surface area (Å²) in [4.78, 5) is 8.49. The molecule has 9 nitrogen and oxygen atoms in total. The minimum absolute atomic E-state index is 0.0965. The van der Waals surface area contributed by atoms with Gasteiger partial charge < -0.3 is 31.1 Å². The van der Waals surface area contributed by atoms with E-state index in [1.54, 1.807) is 0 Å². The van der Waals surface area contributed by atoms with E-state index in [2.05, 4.69) is 15.3 Å². The summed E-state index contributed by atoms with van der Waals surface area (Å²) in [6.07, 6.45) is -6.39. The number of ether oxygens (including phenoxy) is 1. The number of fused-ring (bicyclic) bond motifs is 1. The number of aliphatic hydroxyl groups excluding tert-OH is 3. The van der Waals surface area contributed by atoms with Crippen LogP contribution >= 0.6 is 0 Å². The van der Waals surface area contributed by atoms with Crippen LogP contribution < -0.4 is 11.1 Å². The molecule has 3 rings (SSSR count). The zero-order valence-corrected chi connectivity index (χ0v) is 11.2. The number of aliphatic hydroxyl groups is 3. The van der Waals surface area contributed by atoms with Crippen LogP contribution in [-0.2, 0) is 4.74 Å². The van der Waals surface area contributed by atoms with Gasteiger partial charge in [-0.1, -0.05) is 0 Å². The van der Waals surface area contributed by atoms with Gasteiger partial charge in [-0.3, -0.25) is 4.90 Å². The van der Waals surface area contributed by atoms with Gasteiger partial charge in [0.15, 0.2) is 6.23 Å². The topological polar surface area (TPSA) is 136 Å². The standard InChI is InChI=1S/C11H15F2N5O4/c12-10(13)11-7(8(14)15-2-17-11)16-3-18(11)9-6(21)5(20)4(1-19)22-9/h2-6,9-10,19-21H,1,14H2,(H,15,17)/t4-,5-,6-,9-,11?/m1/s1. The summed E-state index contributed by atoms with van der Waals surface area (Å²) in [6, 6.07) is 0. The maximum absolute atomic E-state index is 13.7. The molecule has 122 valence electrons. The predicted octanol–water partition coefficient (Wildman–Crippen LogP) is -2.51. The van der Waals surface area contributed by atoms with Crippen LogP contribution in [0.1, 0.15) is 0 Å². The molecule has 5 atom stereocenters. The predicted molar refractivity (Wildman–Crippen MR) is 69.7 cm³/mol. The largest absolute Gasteiger partial charge is 0.394 e. The summed E-state index contributed by atoms with van der Waals surface area (Å²) >= 11 is 0. The van der Waals surface area contributed by atoms with Crippen molar-refractivity contribution in [2.24, 2.45) is 15.7 Å². The Morgan fingerprint density at radius 1 is 1.45 bits per heavy atom. The fourth-order valence-electron chi connectivity index (χ4n) is 2.73. The first-order valence-corrected chi connectivity index (χ1v) is 6.47. The number of halogens is 2. The van der Waals surface area contributed by atoms with Crippen LogP contribution in [0.2, 0.25) is 0 Å². The normalized spacial score (nSPS) is 40.5. The lowest BCUT2D eigenvalue weighted by atomic mass is 10.0. The number of nitrogens with one attached hydrogen (secondary N) is 1. The van der Waals surface area contributed by atoms with Gasteiger partial charge in [0, 0.05) is 0 Å². The summed E-state index contributed by atoms with van der Waals surface area (Å²) in [5.41, 5.74) is 3.18. The van der Waals surface area contributed by atoms with Crippen molar-refractivity contribution in [2.45, 2.75) is 36.6 Å². The Hall–Kier alpha value is -1.82. The van der Waals surface area contributed by atoms with E-state index in [1.807, 2.05) is 0 Å². The Morgan fingerprint density at radius 3 is 2.77 bits per heavy atom. The van der Waals surface area contributed by atoms with Crippen molar-refractivity contribution in [3.05, 3.63) is 11.5 Å². The van der Waals surface area contributed by atoms with Gasteiger partial charge in [-0.15, -0.1) is 0 Å². The van der Waals surface area contributed by atoms with Crippen LogP contribution in [0.4, 0.5) is 8.78 Å². The molecule has 1 unspecified atom stereocenters. The Bertz CT molecular complexity index is 557. The van der Waals surface area contributed by atoms with Crippen molar-refractivity contribution in [1.82, 2.24) is 10.2 Å². The molecule has 0 aliphatic carbocycles. The zero-order chi connectivity index (χ0) is 16.1. The molecule has 22 heavy (non-hydrogen) atoms. The second-order valence-corrected chi connectivity index (χ2v) is 5.07. The fourth-order valence-corrected chi connectivity index (χ4v) is 2.73. The van der Waals surface area contributed by atoms with Crippen LogP contribution in [0.5, 0.6) is 0 Å². The maximum Gasteiger partial charge on any atom is 0.287 e. The van der Waals surface area contributed by atoms with Gasteiger partial charge in [0.25, 0.3) is 6.43 Å². The molecule has 3 aliphatic heterocycles. The number of nitrogens with two attached hydrogens (primary N) is 1. The van der Waals surface area contributed by atoms with Crippen molar-refractivity contribution >= 4 is 12.7 Å². The molecule has 0 aromatic heterocycles. The van der Waals surface area contributed by atoms with Crippen molar-refractivity contribution in [1.29, 1.82) is 0 Å². The SMILES string of the molecule is NC1=C2N=CN([C@@H]3O[C@H](CO)[C@@H](O)[C@H]3O)C2(C(F)F)N=CN1. The van der Waals surface area contributed by atoms with Gasteiger partial charge in [0.1, 0.15) is 29.8 Å². The van der Waals surface area contributed by atoms with Crippen molar-refractivity contribution in [3.63, 3.8) is 0 Å². The molecule has 3 heterocycles. The summed E-state index contributed by atoms with van der Waals surface area (Å²) in [5, 5.41) is 31.4. The first kappa shape index (κ1) is 15.1. The maximum atomic E-state index is 13.7. The van der Waals surface area contributed by atoms with Crippen LogP contribution in [0.15, 0.2) is 21.5 Å². The van der Waals surface area contributed by atoms with Crippen LogP contribution in [-0.4, -0.2) is 76.1 Å². The van der Waals surface area contributed by atoms with E-state index in [4.69, 9.17) is 15.6 Å².